The smallest absolute Gasteiger partial charge is 0.260 e. The van der Waals surface area contributed by atoms with Crippen LogP contribution < -0.4 is 9.64 Å². The molecule has 3 aromatic rings. The summed E-state index contributed by atoms with van der Waals surface area (Å²) >= 11 is 1.43. The Balaban J connectivity index is 1.58. The summed E-state index contributed by atoms with van der Waals surface area (Å²) in [6.45, 7) is 8.07. The number of amides is 1. The number of sulfonamides is 1. The summed E-state index contributed by atoms with van der Waals surface area (Å²) in [5.41, 5.74) is 1.20. The summed E-state index contributed by atoms with van der Waals surface area (Å²) in [6, 6.07) is 11.8. The van der Waals surface area contributed by atoms with Crippen LogP contribution in [-0.4, -0.2) is 88.1 Å². The van der Waals surface area contributed by atoms with Gasteiger partial charge in [0.05, 0.1) is 28.3 Å². The molecule has 9 nitrogen and oxygen atoms in total. The fraction of sp³-hybridized carbons (Fsp3) is 0.481. The first-order chi connectivity index (χ1) is 18.3. The normalized spacial score (nSPS) is 16.0. The molecule has 1 saturated heterocycles. The maximum atomic E-state index is 13.7. The predicted molar refractivity (Wildman–Crippen MR) is 151 cm³/mol. The third kappa shape index (κ3) is 6.35. The zero-order chi connectivity index (χ0) is 27.3. The molecule has 1 unspecified atom stereocenters. The summed E-state index contributed by atoms with van der Waals surface area (Å²) in [6.07, 6.45) is 1.72. The molecule has 0 N–H and O–H groups in total. The van der Waals surface area contributed by atoms with Crippen molar-refractivity contribution < 1.29 is 22.7 Å². The van der Waals surface area contributed by atoms with Gasteiger partial charge in [0.2, 0.25) is 10.0 Å². The number of methoxy groups -OCH3 is 1. The number of hydrogen-bond donors (Lipinski definition) is 0. The molecule has 0 bridgehead atoms. The molecule has 1 atom stereocenters. The number of likely N-dealkylation sites (N-methyl/N-ethyl adjacent to an activating group) is 2. The minimum atomic E-state index is -3.69. The number of aromatic nitrogens is 1. The van der Waals surface area contributed by atoms with E-state index in [2.05, 4.69) is 18.7 Å². The highest BCUT2D eigenvalue weighted by atomic mass is 32.2. The highest BCUT2D eigenvalue weighted by Gasteiger charge is 2.27. The summed E-state index contributed by atoms with van der Waals surface area (Å²) < 4.78 is 39.4. The average Bonchev–Trinajstić information content (AvgIpc) is 3.60. The average molecular weight is 561 g/mol. The summed E-state index contributed by atoms with van der Waals surface area (Å²) in [4.78, 5) is 22.5. The van der Waals surface area contributed by atoms with Crippen molar-refractivity contribution in [2.75, 3.05) is 58.4 Å². The Morgan fingerprint density at radius 2 is 1.87 bits per heavy atom. The Labute approximate surface area is 229 Å². The van der Waals surface area contributed by atoms with Crippen molar-refractivity contribution in [3.63, 3.8) is 0 Å². The van der Waals surface area contributed by atoms with Gasteiger partial charge < -0.3 is 14.4 Å². The number of thiazole rings is 1. The molecule has 11 heteroatoms. The van der Waals surface area contributed by atoms with E-state index >= 15 is 0 Å². The number of rotatable bonds is 12. The third-order valence-corrected chi connectivity index (χ3v) is 9.77. The molecule has 1 fully saturated rings. The second kappa shape index (κ2) is 12.5. The molecule has 1 aromatic heterocycles. The minimum Gasteiger partial charge on any atom is -0.497 e. The highest BCUT2D eigenvalue weighted by molar-refractivity contribution is 7.89. The number of nitrogens with zero attached hydrogens (tertiary/aromatic N) is 4. The van der Waals surface area contributed by atoms with Crippen molar-refractivity contribution in [2.45, 2.75) is 37.7 Å². The molecule has 0 spiro atoms. The van der Waals surface area contributed by atoms with E-state index in [1.807, 2.05) is 18.2 Å². The van der Waals surface area contributed by atoms with Crippen LogP contribution >= 0.6 is 11.3 Å². The molecule has 1 amide bonds. The molecule has 0 radical (unpaired) electrons. The van der Waals surface area contributed by atoms with Crippen LogP contribution in [0.1, 0.15) is 37.0 Å². The highest BCUT2D eigenvalue weighted by Crippen LogP contribution is 2.32. The van der Waals surface area contributed by atoms with Crippen LogP contribution in [0.4, 0.5) is 5.13 Å². The molecule has 1 aliphatic heterocycles. The van der Waals surface area contributed by atoms with Crippen LogP contribution in [-0.2, 0) is 14.8 Å². The molecule has 2 heterocycles. The topological polar surface area (TPSA) is 92.3 Å². The van der Waals surface area contributed by atoms with Gasteiger partial charge in [-0.1, -0.05) is 25.2 Å². The van der Waals surface area contributed by atoms with Gasteiger partial charge in [0.1, 0.15) is 5.75 Å². The van der Waals surface area contributed by atoms with Gasteiger partial charge in [-0.2, -0.15) is 4.31 Å². The van der Waals surface area contributed by atoms with Crippen LogP contribution in [0.25, 0.3) is 10.2 Å². The first-order valence-corrected chi connectivity index (χ1v) is 15.2. The van der Waals surface area contributed by atoms with E-state index in [0.717, 1.165) is 41.9 Å². The zero-order valence-electron chi connectivity index (χ0n) is 22.4. The maximum absolute atomic E-state index is 13.7. The number of anilines is 1. The number of carbonyl (C=O) groups is 1. The van der Waals surface area contributed by atoms with Crippen LogP contribution in [0.2, 0.25) is 0 Å². The van der Waals surface area contributed by atoms with Crippen LogP contribution in [0, 0.1) is 0 Å². The predicted octanol–water partition coefficient (Wildman–Crippen LogP) is 4.09. The van der Waals surface area contributed by atoms with Crippen molar-refractivity contribution >= 4 is 42.6 Å². The Morgan fingerprint density at radius 1 is 1.13 bits per heavy atom. The van der Waals surface area contributed by atoms with E-state index in [0.29, 0.717) is 36.9 Å². The second-order valence-corrected chi connectivity index (χ2v) is 12.3. The molecular weight excluding hydrogens is 524 g/mol. The van der Waals surface area contributed by atoms with Crippen molar-refractivity contribution in [1.82, 2.24) is 14.2 Å². The zero-order valence-corrected chi connectivity index (χ0v) is 24.1. The second-order valence-electron chi connectivity index (χ2n) is 9.26. The monoisotopic (exact) mass is 560 g/mol. The standard InChI is InChI=1S/C27H36N4O5S2/c1-5-30(6-2)15-16-31(27-28-24-14-11-21(35-4)18-25(24)37-27)26(32)20-9-12-23(13-10-20)38(33,34)29(3)19-22-8-7-17-36-22/h9-14,18,22H,5-8,15-17,19H2,1-4H3. The van der Waals surface area contributed by atoms with Gasteiger partial charge in [-0.05, 0) is 68.4 Å². The van der Waals surface area contributed by atoms with Crippen LogP contribution in [0.3, 0.4) is 0 Å². The fourth-order valence-electron chi connectivity index (χ4n) is 4.48. The maximum Gasteiger partial charge on any atom is 0.260 e. The molecule has 206 valence electrons. The minimum absolute atomic E-state index is 0.0798. The number of ether oxygens (including phenoxy) is 2. The van der Waals surface area contributed by atoms with Crippen LogP contribution in [0.5, 0.6) is 5.75 Å². The molecule has 0 aliphatic carbocycles. The molecule has 0 saturated carbocycles. The van der Waals surface area contributed by atoms with Crippen molar-refractivity contribution in [3.05, 3.63) is 48.0 Å². The lowest BCUT2D eigenvalue weighted by atomic mass is 10.2. The summed E-state index contributed by atoms with van der Waals surface area (Å²) in [5.74, 6) is 0.509. The number of benzene rings is 2. The lowest BCUT2D eigenvalue weighted by Gasteiger charge is -2.25. The molecule has 38 heavy (non-hydrogen) atoms. The van der Waals surface area contributed by atoms with Gasteiger partial charge in [0.15, 0.2) is 5.13 Å². The third-order valence-electron chi connectivity index (χ3n) is 6.89. The Kier molecular flexibility index (Phi) is 9.37. The molecule has 4 rings (SSSR count). The van der Waals surface area contributed by atoms with Crippen molar-refractivity contribution in [3.8, 4) is 5.75 Å². The first-order valence-electron chi connectivity index (χ1n) is 12.9. The lowest BCUT2D eigenvalue weighted by Crippen LogP contribution is -2.39. The largest absolute Gasteiger partial charge is 0.497 e. The quantitative estimate of drug-likeness (QED) is 0.329. The van der Waals surface area contributed by atoms with Crippen LogP contribution in [0.15, 0.2) is 47.4 Å². The van der Waals surface area contributed by atoms with E-state index in [1.165, 1.54) is 27.8 Å². The van der Waals surface area contributed by atoms with Gasteiger partial charge in [0, 0.05) is 38.9 Å². The SMILES string of the molecule is CCN(CC)CCN(C(=O)c1ccc(S(=O)(=O)N(C)CC2CCCO2)cc1)c1nc2ccc(OC)cc2s1. The molecular formula is C27H36N4O5S2. The Hall–Kier alpha value is -2.57. The van der Waals surface area contributed by atoms with Gasteiger partial charge in [-0.25, -0.2) is 13.4 Å². The number of fused-ring (bicyclic) bond motifs is 1. The molecule has 2 aromatic carbocycles. The number of carbonyl (C=O) groups excluding carboxylic acids is 1. The van der Waals surface area contributed by atoms with E-state index in [-0.39, 0.29) is 16.9 Å². The van der Waals surface area contributed by atoms with E-state index in [1.54, 1.807) is 31.2 Å². The first kappa shape index (κ1) is 28.4. The van der Waals surface area contributed by atoms with Crippen molar-refractivity contribution in [2.24, 2.45) is 0 Å². The Morgan fingerprint density at radius 3 is 2.50 bits per heavy atom. The van der Waals surface area contributed by atoms with Gasteiger partial charge in [-0.3, -0.25) is 9.69 Å². The molecule has 1 aliphatic rings. The van der Waals surface area contributed by atoms with Gasteiger partial charge in [-0.15, -0.1) is 0 Å². The summed E-state index contributed by atoms with van der Waals surface area (Å²) in [7, 11) is -0.513. The van der Waals surface area contributed by atoms with E-state index < -0.39 is 10.0 Å². The van der Waals surface area contributed by atoms with E-state index in [4.69, 9.17) is 14.5 Å². The number of hydrogen-bond acceptors (Lipinski definition) is 8. The van der Waals surface area contributed by atoms with Gasteiger partial charge in [0.25, 0.3) is 5.91 Å². The lowest BCUT2D eigenvalue weighted by molar-refractivity contribution is 0.0978. The van der Waals surface area contributed by atoms with E-state index in [9.17, 15) is 13.2 Å². The van der Waals surface area contributed by atoms with Gasteiger partial charge >= 0.3 is 0 Å². The fourth-order valence-corrected chi connectivity index (χ4v) is 6.70. The Bertz CT molecular complexity index is 1330. The van der Waals surface area contributed by atoms with Crippen molar-refractivity contribution in [1.29, 1.82) is 0 Å². The summed E-state index contributed by atoms with van der Waals surface area (Å²) in [5, 5.41) is 0.596.